The molecule has 2 fully saturated rings. The largest absolute Gasteiger partial charge is 0.396 e. The van der Waals surface area contributed by atoms with Crippen LogP contribution in [0.2, 0.25) is 0 Å². The first-order chi connectivity index (χ1) is 10.6. The van der Waals surface area contributed by atoms with E-state index in [1.165, 1.54) is 11.3 Å². The van der Waals surface area contributed by atoms with Gasteiger partial charge in [0, 0.05) is 25.1 Å². The van der Waals surface area contributed by atoms with Crippen LogP contribution in [0.4, 0.5) is 5.00 Å². The molecule has 2 unspecified atom stereocenters. The normalized spacial score (nSPS) is 29.8. The molecule has 3 heterocycles. The van der Waals surface area contributed by atoms with Crippen LogP contribution < -0.4 is 4.90 Å². The molecule has 2 saturated heterocycles. The maximum Gasteiger partial charge on any atom is 0.245 e. The highest BCUT2D eigenvalue weighted by atomic mass is 32.1. The molecule has 0 spiro atoms. The molecule has 118 valence electrons. The molecule has 0 radical (unpaired) electrons. The van der Waals surface area contributed by atoms with Gasteiger partial charge in [-0.05, 0) is 37.3 Å². The second kappa shape index (κ2) is 5.99. The Morgan fingerprint density at radius 2 is 2.36 bits per heavy atom. The third kappa shape index (κ3) is 2.65. The second-order valence-electron chi connectivity index (χ2n) is 6.59. The van der Waals surface area contributed by atoms with Gasteiger partial charge in [-0.2, -0.15) is 5.26 Å². The monoisotopic (exact) mass is 319 g/mol. The molecular weight excluding hydrogens is 298 g/mol. The van der Waals surface area contributed by atoms with Crippen LogP contribution in [0.15, 0.2) is 11.4 Å². The first-order valence-electron chi connectivity index (χ1n) is 7.72. The van der Waals surface area contributed by atoms with E-state index in [2.05, 4.69) is 17.9 Å². The van der Waals surface area contributed by atoms with Crippen LogP contribution in [0, 0.1) is 16.7 Å². The van der Waals surface area contributed by atoms with Crippen LogP contribution >= 0.6 is 11.3 Å². The Hall–Kier alpha value is -1.42. The van der Waals surface area contributed by atoms with Gasteiger partial charge in [0.15, 0.2) is 0 Å². The molecule has 2 aliphatic rings. The van der Waals surface area contributed by atoms with E-state index in [-0.39, 0.29) is 24.0 Å². The average Bonchev–Trinajstić information content (AvgIpc) is 3.13. The Kier molecular flexibility index (Phi) is 4.22. The van der Waals surface area contributed by atoms with Crippen molar-refractivity contribution in [1.82, 2.24) is 4.90 Å². The molecule has 1 aromatic rings. The predicted molar refractivity (Wildman–Crippen MR) is 85.8 cm³/mol. The summed E-state index contributed by atoms with van der Waals surface area (Å²) in [4.78, 5) is 16.8. The first kappa shape index (κ1) is 15.5. The van der Waals surface area contributed by atoms with Crippen LogP contribution in [0.25, 0.3) is 0 Å². The summed E-state index contributed by atoms with van der Waals surface area (Å²) < 4.78 is 0. The lowest BCUT2D eigenvalue weighted by Crippen LogP contribution is -2.51. The molecule has 0 bridgehead atoms. The van der Waals surface area contributed by atoms with Crippen molar-refractivity contribution in [1.29, 1.82) is 5.26 Å². The van der Waals surface area contributed by atoms with Crippen molar-refractivity contribution in [3.63, 3.8) is 0 Å². The Morgan fingerprint density at radius 3 is 3.09 bits per heavy atom. The van der Waals surface area contributed by atoms with Gasteiger partial charge >= 0.3 is 0 Å². The standard InChI is InChI=1S/C16H21N3O2S/c1-16(11-20)5-2-6-18(10-16)13-3-7-19(14(13)21)15-12(9-17)4-8-22-15/h4,8,13,20H,2-3,5-7,10-11H2,1H3. The lowest BCUT2D eigenvalue weighted by atomic mass is 9.82. The third-order valence-electron chi connectivity index (χ3n) is 4.82. The van der Waals surface area contributed by atoms with Gasteiger partial charge in [-0.25, -0.2) is 0 Å². The maximum absolute atomic E-state index is 12.8. The Labute approximate surface area is 134 Å². The fraction of sp³-hybridized carbons (Fsp3) is 0.625. The minimum absolute atomic E-state index is 0.0983. The molecule has 3 rings (SSSR count). The molecule has 0 aromatic carbocycles. The molecule has 2 aliphatic heterocycles. The molecule has 0 aliphatic carbocycles. The highest BCUT2D eigenvalue weighted by molar-refractivity contribution is 7.14. The number of amides is 1. The Balaban J connectivity index is 1.75. The number of carbonyl (C=O) groups is 1. The quantitative estimate of drug-likeness (QED) is 0.923. The molecule has 6 heteroatoms. The number of carbonyl (C=O) groups excluding carboxylic acids is 1. The van der Waals surface area contributed by atoms with Gasteiger partial charge in [-0.3, -0.25) is 9.69 Å². The van der Waals surface area contributed by atoms with E-state index in [0.29, 0.717) is 12.1 Å². The van der Waals surface area contributed by atoms with Gasteiger partial charge in [0.05, 0.1) is 11.6 Å². The maximum atomic E-state index is 12.8. The van der Waals surface area contributed by atoms with Crippen LogP contribution in [-0.4, -0.2) is 48.2 Å². The van der Waals surface area contributed by atoms with E-state index in [9.17, 15) is 9.90 Å². The summed E-state index contributed by atoms with van der Waals surface area (Å²) in [5, 5.41) is 21.4. The van der Waals surface area contributed by atoms with Gasteiger partial charge in [-0.1, -0.05) is 6.92 Å². The summed E-state index contributed by atoms with van der Waals surface area (Å²) in [6, 6.07) is 3.82. The zero-order valence-electron chi connectivity index (χ0n) is 12.8. The lowest BCUT2D eigenvalue weighted by molar-refractivity contribution is -0.123. The number of rotatable bonds is 3. The number of aliphatic hydroxyl groups is 1. The highest BCUT2D eigenvalue weighted by Gasteiger charge is 2.41. The van der Waals surface area contributed by atoms with Gasteiger partial charge in [0.2, 0.25) is 5.91 Å². The van der Waals surface area contributed by atoms with E-state index in [4.69, 9.17) is 5.26 Å². The van der Waals surface area contributed by atoms with Gasteiger partial charge < -0.3 is 10.0 Å². The van der Waals surface area contributed by atoms with Gasteiger partial charge in [0.25, 0.3) is 0 Å². The van der Waals surface area contributed by atoms with Crippen LogP contribution in [-0.2, 0) is 4.79 Å². The summed E-state index contributed by atoms with van der Waals surface area (Å²) in [5.74, 6) is 0.0983. The van der Waals surface area contributed by atoms with Crippen molar-refractivity contribution < 1.29 is 9.90 Å². The summed E-state index contributed by atoms with van der Waals surface area (Å²) in [5.41, 5.74) is 0.477. The Bertz CT molecular complexity index is 609. The van der Waals surface area contributed by atoms with Crippen LogP contribution in [0.5, 0.6) is 0 Å². The molecular formula is C16H21N3O2S. The Morgan fingerprint density at radius 1 is 1.55 bits per heavy atom. The second-order valence-corrected chi connectivity index (χ2v) is 7.48. The molecule has 22 heavy (non-hydrogen) atoms. The van der Waals surface area contributed by atoms with Crippen molar-refractivity contribution in [2.45, 2.75) is 32.2 Å². The predicted octanol–water partition coefficient (Wildman–Crippen LogP) is 1.82. The zero-order valence-corrected chi connectivity index (χ0v) is 13.6. The van der Waals surface area contributed by atoms with Crippen LogP contribution in [0.1, 0.15) is 31.7 Å². The topological polar surface area (TPSA) is 67.6 Å². The van der Waals surface area contributed by atoms with Gasteiger partial charge in [-0.15, -0.1) is 11.3 Å². The highest BCUT2D eigenvalue weighted by Crippen LogP contribution is 2.35. The molecule has 2 atom stereocenters. The minimum Gasteiger partial charge on any atom is -0.396 e. The van der Waals surface area contributed by atoms with Crippen molar-refractivity contribution >= 4 is 22.2 Å². The molecule has 1 aromatic heterocycles. The minimum atomic E-state index is -0.111. The molecule has 5 nitrogen and oxygen atoms in total. The fourth-order valence-electron chi connectivity index (χ4n) is 3.55. The number of hydrogen-bond donors (Lipinski definition) is 1. The smallest absolute Gasteiger partial charge is 0.245 e. The molecule has 1 N–H and O–H groups in total. The summed E-state index contributed by atoms with van der Waals surface area (Å²) >= 11 is 1.45. The lowest BCUT2D eigenvalue weighted by Gasteiger charge is -2.41. The van der Waals surface area contributed by atoms with Gasteiger partial charge in [0.1, 0.15) is 11.1 Å². The first-order valence-corrected chi connectivity index (χ1v) is 8.60. The summed E-state index contributed by atoms with van der Waals surface area (Å²) in [6.45, 7) is 4.60. The number of aliphatic hydroxyl groups excluding tert-OH is 1. The summed E-state index contributed by atoms with van der Waals surface area (Å²) in [7, 11) is 0. The third-order valence-corrected chi connectivity index (χ3v) is 5.76. The number of thiophene rings is 1. The number of anilines is 1. The number of nitriles is 1. The number of nitrogens with zero attached hydrogens (tertiary/aromatic N) is 3. The van der Waals surface area contributed by atoms with E-state index in [0.717, 1.165) is 37.4 Å². The van der Waals surface area contributed by atoms with E-state index < -0.39 is 0 Å². The van der Waals surface area contributed by atoms with Crippen molar-refractivity contribution in [2.24, 2.45) is 5.41 Å². The van der Waals surface area contributed by atoms with E-state index in [1.807, 2.05) is 5.38 Å². The van der Waals surface area contributed by atoms with E-state index in [1.54, 1.807) is 11.0 Å². The SMILES string of the molecule is CC1(CO)CCCN(C2CCN(c3sccc3C#N)C2=O)C1. The molecule has 1 amide bonds. The van der Waals surface area contributed by atoms with Crippen LogP contribution in [0.3, 0.4) is 0 Å². The van der Waals surface area contributed by atoms with Crippen molar-refractivity contribution in [3.8, 4) is 6.07 Å². The van der Waals surface area contributed by atoms with E-state index >= 15 is 0 Å². The number of piperidine rings is 1. The average molecular weight is 319 g/mol. The number of likely N-dealkylation sites (tertiary alicyclic amines) is 1. The zero-order chi connectivity index (χ0) is 15.7. The fourth-order valence-corrected chi connectivity index (χ4v) is 4.44. The van der Waals surface area contributed by atoms with Crippen molar-refractivity contribution in [3.05, 3.63) is 17.0 Å². The summed E-state index contributed by atoms with van der Waals surface area (Å²) in [6.07, 6.45) is 2.82. The molecule has 0 saturated carbocycles. The van der Waals surface area contributed by atoms with Crippen molar-refractivity contribution in [2.75, 3.05) is 31.1 Å². The number of hydrogen-bond acceptors (Lipinski definition) is 5.